The summed E-state index contributed by atoms with van der Waals surface area (Å²) in [6.07, 6.45) is 0. The van der Waals surface area contributed by atoms with Gasteiger partial charge in [-0.05, 0) is 43.7 Å². The predicted octanol–water partition coefficient (Wildman–Crippen LogP) is 2.99. The van der Waals surface area contributed by atoms with E-state index in [1.807, 2.05) is 56.3 Å². The van der Waals surface area contributed by atoms with Crippen LogP contribution in [0.25, 0.3) is 17.0 Å². The minimum Gasteiger partial charge on any atom is -0.496 e. The number of hydrogen-bond donors (Lipinski definition) is 1. The van der Waals surface area contributed by atoms with E-state index in [9.17, 15) is 4.79 Å². The molecule has 0 saturated carbocycles. The number of aromatic nitrogens is 4. The summed E-state index contributed by atoms with van der Waals surface area (Å²) in [6, 6.07) is 16.8. The van der Waals surface area contributed by atoms with Crippen LogP contribution in [-0.4, -0.2) is 52.6 Å². The van der Waals surface area contributed by atoms with E-state index in [4.69, 9.17) is 14.2 Å². The summed E-state index contributed by atoms with van der Waals surface area (Å²) >= 11 is 0. The van der Waals surface area contributed by atoms with Crippen LogP contribution in [0, 0.1) is 13.8 Å². The molecule has 2 aromatic carbocycles. The van der Waals surface area contributed by atoms with E-state index in [-0.39, 0.29) is 19.1 Å². The topological polar surface area (TPSA) is 99.9 Å². The zero-order valence-corrected chi connectivity index (χ0v) is 18.7. The van der Waals surface area contributed by atoms with Crippen LogP contribution in [0.3, 0.4) is 0 Å². The Morgan fingerprint density at radius 2 is 1.85 bits per heavy atom. The lowest BCUT2D eigenvalue weighted by Crippen LogP contribution is -2.32. The van der Waals surface area contributed by atoms with Crippen molar-refractivity contribution in [2.75, 3.05) is 26.9 Å². The Morgan fingerprint density at radius 1 is 1.00 bits per heavy atom. The maximum atomic E-state index is 12.1. The predicted molar refractivity (Wildman–Crippen MR) is 123 cm³/mol. The van der Waals surface area contributed by atoms with Gasteiger partial charge in [0.25, 0.3) is 5.91 Å². The molecule has 4 rings (SSSR count). The second-order valence-electron chi connectivity index (χ2n) is 7.42. The Labute approximate surface area is 191 Å². The molecular weight excluding hydrogens is 422 g/mol. The lowest BCUT2D eigenvalue weighted by atomic mass is 10.1. The summed E-state index contributed by atoms with van der Waals surface area (Å²) in [5, 5.41) is 15.6. The average molecular weight is 447 g/mol. The van der Waals surface area contributed by atoms with Gasteiger partial charge in [0.15, 0.2) is 18.1 Å². The number of ether oxygens (including phenoxy) is 3. The highest BCUT2D eigenvalue weighted by Gasteiger charge is 2.14. The second kappa shape index (κ2) is 9.99. The first-order valence-corrected chi connectivity index (χ1v) is 10.5. The quantitative estimate of drug-likeness (QED) is 0.394. The average Bonchev–Trinajstić information content (AvgIpc) is 3.24. The lowest BCUT2D eigenvalue weighted by Gasteiger charge is -2.11. The molecule has 1 N–H and O–H groups in total. The molecule has 9 nitrogen and oxygen atoms in total. The van der Waals surface area contributed by atoms with Gasteiger partial charge in [-0.3, -0.25) is 4.79 Å². The third-order valence-corrected chi connectivity index (χ3v) is 4.95. The highest BCUT2D eigenvalue weighted by atomic mass is 16.5. The number of para-hydroxylation sites is 1. The molecule has 0 saturated heterocycles. The number of hydrogen-bond acceptors (Lipinski definition) is 7. The van der Waals surface area contributed by atoms with Crippen molar-refractivity contribution in [3.63, 3.8) is 0 Å². The number of aryl methyl sites for hydroxylation is 2. The number of rotatable bonds is 9. The molecule has 0 bridgehead atoms. The van der Waals surface area contributed by atoms with E-state index in [0.29, 0.717) is 35.4 Å². The van der Waals surface area contributed by atoms with E-state index < -0.39 is 0 Å². The van der Waals surface area contributed by atoms with Crippen molar-refractivity contribution in [3.8, 4) is 28.8 Å². The van der Waals surface area contributed by atoms with Crippen molar-refractivity contribution in [2.24, 2.45) is 0 Å². The van der Waals surface area contributed by atoms with Gasteiger partial charge in [-0.1, -0.05) is 29.8 Å². The standard InChI is InChI=1S/C24H25N5O4/c1-16-8-9-19(17(2)14-16)33-15-22(30)25-12-13-32-23-11-10-21-26-27-24(29(21)28-23)18-6-4-5-7-20(18)31-3/h4-11,14H,12-13,15H2,1-3H3,(H,25,30). The molecule has 2 heterocycles. The SMILES string of the molecule is COc1ccccc1-c1nnc2ccc(OCCNC(=O)COc3ccc(C)cc3C)nn12. The van der Waals surface area contributed by atoms with E-state index in [2.05, 4.69) is 20.6 Å². The summed E-state index contributed by atoms with van der Waals surface area (Å²) in [4.78, 5) is 12.1. The van der Waals surface area contributed by atoms with Gasteiger partial charge in [-0.15, -0.1) is 15.3 Å². The number of carbonyl (C=O) groups excluding carboxylic acids is 1. The van der Waals surface area contributed by atoms with Crippen molar-refractivity contribution < 1.29 is 19.0 Å². The lowest BCUT2D eigenvalue weighted by molar-refractivity contribution is -0.123. The molecule has 2 aromatic heterocycles. The molecular formula is C24H25N5O4. The van der Waals surface area contributed by atoms with E-state index >= 15 is 0 Å². The number of carbonyl (C=O) groups is 1. The van der Waals surface area contributed by atoms with Crippen molar-refractivity contribution in [2.45, 2.75) is 13.8 Å². The van der Waals surface area contributed by atoms with Crippen LogP contribution in [0.2, 0.25) is 0 Å². The van der Waals surface area contributed by atoms with Crippen LogP contribution in [0.1, 0.15) is 11.1 Å². The van der Waals surface area contributed by atoms with Gasteiger partial charge in [-0.2, -0.15) is 4.52 Å². The Kier molecular flexibility index (Phi) is 6.68. The molecule has 0 aliphatic carbocycles. The number of benzene rings is 2. The zero-order valence-electron chi connectivity index (χ0n) is 18.7. The van der Waals surface area contributed by atoms with Crippen molar-refractivity contribution >= 4 is 11.6 Å². The molecule has 0 spiro atoms. The normalized spacial score (nSPS) is 10.8. The molecule has 9 heteroatoms. The summed E-state index contributed by atoms with van der Waals surface area (Å²) in [5.41, 5.74) is 3.50. The fourth-order valence-corrected chi connectivity index (χ4v) is 3.35. The van der Waals surface area contributed by atoms with E-state index in [1.165, 1.54) is 0 Å². The Balaban J connectivity index is 1.32. The monoisotopic (exact) mass is 447 g/mol. The highest BCUT2D eigenvalue weighted by molar-refractivity contribution is 5.77. The van der Waals surface area contributed by atoms with E-state index in [0.717, 1.165) is 16.7 Å². The van der Waals surface area contributed by atoms with Gasteiger partial charge in [-0.25, -0.2) is 0 Å². The number of nitrogens with zero attached hydrogens (tertiary/aromatic N) is 4. The third-order valence-electron chi connectivity index (χ3n) is 4.95. The first kappa shape index (κ1) is 22.1. The van der Waals surface area contributed by atoms with Gasteiger partial charge < -0.3 is 19.5 Å². The summed E-state index contributed by atoms with van der Waals surface area (Å²) in [7, 11) is 1.60. The molecule has 0 radical (unpaired) electrons. The Morgan fingerprint density at radius 3 is 2.67 bits per heavy atom. The van der Waals surface area contributed by atoms with Gasteiger partial charge in [0.1, 0.15) is 18.1 Å². The third kappa shape index (κ3) is 5.20. The van der Waals surface area contributed by atoms with Crippen LogP contribution in [0.15, 0.2) is 54.6 Å². The largest absolute Gasteiger partial charge is 0.496 e. The minimum absolute atomic E-state index is 0.0584. The Hall–Kier alpha value is -4.14. The zero-order chi connectivity index (χ0) is 23.2. The van der Waals surface area contributed by atoms with Crippen molar-refractivity contribution in [1.82, 2.24) is 25.1 Å². The molecule has 170 valence electrons. The van der Waals surface area contributed by atoms with Crippen LogP contribution in [-0.2, 0) is 4.79 Å². The minimum atomic E-state index is -0.223. The molecule has 0 fully saturated rings. The van der Waals surface area contributed by atoms with Crippen molar-refractivity contribution in [1.29, 1.82) is 0 Å². The van der Waals surface area contributed by atoms with Crippen molar-refractivity contribution in [3.05, 3.63) is 65.7 Å². The molecule has 4 aromatic rings. The molecule has 33 heavy (non-hydrogen) atoms. The fourth-order valence-electron chi connectivity index (χ4n) is 3.35. The summed E-state index contributed by atoms with van der Waals surface area (Å²) < 4.78 is 18.3. The summed E-state index contributed by atoms with van der Waals surface area (Å²) in [5.74, 6) is 2.08. The maximum absolute atomic E-state index is 12.1. The van der Waals surface area contributed by atoms with Gasteiger partial charge in [0.2, 0.25) is 5.88 Å². The smallest absolute Gasteiger partial charge is 0.258 e. The van der Waals surface area contributed by atoms with Crippen LogP contribution in [0.5, 0.6) is 17.4 Å². The first-order chi connectivity index (χ1) is 16.0. The highest BCUT2D eigenvalue weighted by Crippen LogP contribution is 2.28. The van der Waals surface area contributed by atoms with Gasteiger partial charge >= 0.3 is 0 Å². The van der Waals surface area contributed by atoms with Crippen LogP contribution >= 0.6 is 0 Å². The molecule has 0 aliphatic heterocycles. The molecule has 1 amide bonds. The van der Waals surface area contributed by atoms with Gasteiger partial charge in [0.05, 0.1) is 19.2 Å². The second-order valence-corrected chi connectivity index (χ2v) is 7.42. The van der Waals surface area contributed by atoms with E-state index in [1.54, 1.807) is 23.8 Å². The number of nitrogens with one attached hydrogen (secondary N) is 1. The summed E-state index contributed by atoms with van der Waals surface area (Å²) in [6.45, 7) is 4.47. The fraction of sp³-hybridized carbons (Fsp3) is 0.250. The van der Waals surface area contributed by atoms with Crippen LogP contribution < -0.4 is 19.5 Å². The number of fused-ring (bicyclic) bond motifs is 1. The number of amides is 1. The number of methoxy groups -OCH3 is 1. The molecule has 0 atom stereocenters. The van der Waals surface area contributed by atoms with Gasteiger partial charge in [0, 0.05) is 6.07 Å². The first-order valence-electron chi connectivity index (χ1n) is 10.5. The Bertz CT molecular complexity index is 1270. The molecule has 0 aliphatic rings. The van der Waals surface area contributed by atoms with Crippen LogP contribution in [0.4, 0.5) is 0 Å². The molecule has 0 unspecified atom stereocenters. The maximum Gasteiger partial charge on any atom is 0.258 e.